The fourth-order valence-corrected chi connectivity index (χ4v) is 0.609. The molecule has 2 aromatic rings. The maximum absolute atomic E-state index is 4.76. The molecule has 0 unspecified atom stereocenters. The number of aromatic nitrogens is 2. The fraction of sp³-hybridized carbons (Fsp3) is 0. The minimum absolute atomic E-state index is 0.826. The number of nitrogens with zero attached hydrogens (tertiary/aromatic N) is 1. The zero-order chi connectivity index (χ0) is 5.40. The van der Waals surface area contributed by atoms with E-state index >= 15 is 0 Å². The number of fused-ring (bicyclic) bond motifs is 1. The lowest BCUT2D eigenvalue weighted by atomic mass is 10.4. The molecule has 0 amide bonds. The van der Waals surface area contributed by atoms with Gasteiger partial charge < -0.3 is 4.52 Å². The first-order valence-electron chi connectivity index (χ1n) is 2.34. The molecule has 0 aliphatic carbocycles. The van der Waals surface area contributed by atoms with Crippen molar-refractivity contribution in [3.05, 3.63) is 18.5 Å². The van der Waals surface area contributed by atoms with Crippen molar-refractivity contribution < 1.29 is 4.52 Å². The van der Waals surface area contributed by atoms with Crippen LogP contribution in [0.4, 0.5) is 0 Å². The monoisotopic (exact) mass is 108 g/mol. The fourth-order valence-electron chi connectivity index (χ4n) is 0.609. The van der Waals surface area contributed by atoms with E-state index in [0.29, 0.717) is 0 Å². The van der Waals surface area contributed by atoms with Gasteiger partial charge in [0.2, 0.25) is 0 Å². The highest BCUT2D eigenvalue weighted by Crippen LogP contribution is 2.09. The first kappa shape index (κ1) is 3.72. The normalized spacial score (nSPS) is 10.5. The van der Waals surface area contributed by atoms with Gasteiger partial charge in [0.25, 0.3) is 0 Å². The van der Waals surface area contributed by atoms with Crippen LogP contribution in [0.15, 0.2) is 23.0 Å². The molecule has 0 bridgehead atoms. The Balaban J connectivity index is 2.88. The molecular formula is C5H4N2O. The number of nitrogens with one attached hydrogen (secondary N) is 1. The van der Waals surface area contributed by atoms with Crippen LogP contribution in [0.1, 0.15) is 0 Å². The van der Waals surface area contributed by atoms with Crippen LogP contribution in [0.5, 0.6) is 0 Å². The quantitative estimate of drug-likeness (QED) is 0.550. The van der Waals surface area contributed by atoms with Gasteiger partial charge in [-0.05, 0) is 6.07 Å². The number of hydrogen-bond donors (Lipinski definition) is 1. The van der Waals surface area contributed by atoms with Crippen LogP contribution >= 0.6 is 0 Å². The van der Waals surface area contributed by atoms with Crippen LogP contribution < -0.4 is 0 Å². The zero-order valence-corrected chi connectivity index (χ0v) is 4.09. The molecule has 0 aromatic carbocycles. The molecule has 0 saturated heterocycles. The van der Waals surface area contributed by atoms with Gasteiger partial charge in [0.15, 0.2) is 5.58 Å². The van der Waals surface area contributed by atoms with Crippen LogP contribution in [-0.4, -0.2) is 10.1 Å². The zero-order valence-electron chi connectivity index (χ0n) is 4.09. The van der Waals surface area contributed by atoms with Crippen molar-refractivity contribution in [2.24, 2.45) is 0 Å². The average molecular weight is 108 g/mol. The summed E-state index contributed by atoms with van der Waals surface area (Å²) in [4.78, 5) is 3.83. The Labute approximate surface area is 45.3 Å². The van der Waals surface area contributed by atoms with Gasteiger partial charge in [-0.15, -0.1) is 0 Å². The summed E-state index contributed by atoms with van der Waals surface area (Å²) < 4.78 is 4.76. The Kier molecular flexibility index (Phi) is 0.521. The van der Waals surface area contributed by atoms with Gasteiger partial charge in [-0.25, -0.2) is 5.16 Å². The van der Waals surface area contributed by atoms with Gasteiger partial charge in [0.1, 0.15) is 5.52 Å². The molecule has 8 heavy (non-hydrogen) atoms. The van der Waals surface area contributed by atoms with Crippen LogP contribution in [0, 0.1) is 0 Å². The summed E-state index contributed by atoms with van der Waals surface area (Å²) in [5.74, 6) is 0. The predicted molar refractivity (Wildman–Crippen MR) is 28.4 cm³/mol. The molecule has 1 N–H and O–H groups in total. The van der Waals surface area contributed by atoms with Crippen LogP contribution in [0.2, 0.25) is 0 Å². The second-order valence-corrected chi connectivity index (χ2v) is 1.58. The summed E-state index contributed by atoms with van der Waals surface area (Å²) in [7, 11) is 0. The summed E-state index contributed by atoms with van der Waals surface area (Å²) in [6.45, 7) is 0. The molecule has 40 valence electrons. The number of aromatic amines is 1. The van der Waals surface area contributed by atoms with Gasteiger partial charge in [-0.1, -0.05) is 0 Å². The first-order valence-corrected chi connectivity index (χ1v) is 2.34. The molecule has 3 nitrogen and oxygen atoms in total. The van der Waals surface area contributed by atoms with Crippen molar-refractivity contribution in [2.45, 2.75) is 0 Å². The van der Waals surface area contributed by atoms with Crippen molar-refractivity contribution in [1.82, 2.24) is 10.1 Å². The van der Waals surface area contributed by atoms with Gasteiger partial charge in [-0.3, -0.25) is 4.98 Å². The molecule has 2 rings (SSSR count). The van der Waals surface area contributed by atoms with Crippen LogP contribution in [-0.2, 0) is 0 Å². The second-order valence-electron chi connectivity index (χ2n) is 1.58. The Hall–Kier alpha value is -1.25. The van der Waals surface area contributed by atoms with E-state index in [1.54, 1.807) is 12.4 Å². The van der Waals surface area contributed by atoms with E-state index in [4.69, 9.17) is 4.52 Å². The smallest absolute Gasteiger partial charge is 0.199 e. The predicted octanol–water partition coefficient (Wildman–Crippen LogP) is 1.16. The lowest BCUT2D eigenvalue weighted by Gasteiger charge is -1.95. The van der Waals surface area contributed by atoms with E-state index < -0.39 is 0 Å². The molecule has 0 radical (unpaired) electrons. The molecule has 2 aromatic heterocycles. The van der Waals surface area contributed by atoms with E-state index in [2.05, 4.69) is 10.1 Å². The molecule has 3 heteroatoms. The Bertz CT molecular complexity index is 253. The number of pyridine rings is 1. The van der Waals surface area contributed by atoms with E-state index in [1.165, 1.54) is 0 Å². The Morgan fingerprint density at radius 2 is 2.62 bits per heavy atom. The molecule has 0 aliphatic heterocycles. The Morgan fingerprint density at radius 1 is 1.62 bits per heavy atom. The lowest BCUT2D eigenvalue weighted by Crippen LogP contribution is -1.81. The second kappa shape index (κ2) is 1.12. The van der Waals surface area contributed by atoms with Crippen molar-refractivity contribution in [1.29, 1.82) is 0 Å². The molecule has 0 aliphatic rings. The van der Waals surface area contributed by atoms with Gasteiger partial charge in [0.05, 0.1) is 6.20 Å². The van der Waals surface area contributed by atoms with Gasteiger partial charge in [0, 0.05) is 6.20 Å². The molecule has 0 spiro atoms. The number of rotatable bonds is 0. The van der Waals surface area contributed by atoms with E-state index in [1.807, 2.05) is 6.07 Å². The summed E-state index contributed by atoms with van der Waals surface area (Å²) in [5.41, 5.74) is 1.84. The highest BCUT2D eigenvalue weighted by atomic mass is 16.5. The summed E-state index contributed by atoms with van der Waals surface area (Å²) >= 11 is 0. The largest absolute Gasteiger partial charge is 0.378 e. The van der Waals surface area contributed by atoms with Gasteiger partial charge in [-0.2, -0.15) is 0 Å². The highest BCUT2D eigenvalue weighted by Gasteiger charge is 1.94. The highest BCUT2D eigenvalue weighted by molar-refractivity contribution is 5.70. The van der Waals surface area contributed by atoms with E-state index in [0.717, 1.165) is 11.1 Å². The third-order valence-corrected chi connectivity index (χ3v) is 1.06. The minimum atomic E-state index is 0.826. The van der Waals surface area contributed by atoms with Crippen molar-refractivity contribution in [2.75, 3.05) is 0 Å². The lowest BCUT2D eigenvalue weighted by molar-refractivity contribution is 0.423. The van der Waals surface area contributed by atoms with E-state index in [-0.39, 0.29) is 0 Å². The maximum Gasteiger partial charge on any atom is 0.199 e. The van der Waals surface area contributed by atoms with E-state index in [9.17, 15) is 0 Å². The Morgan fingerprint density at radius 3 is 3.00 bits per heavy atom. The summed E-state index contributed by atoms with van der Waals surface area (Å²) in [5, 5.41) is 2.65. The third-order valence-electron chi connectivity index (χ3n) is 1.06. The minimum Gasteiger partial charge on any atom is -0.378 e. The molecule has 0 fully saturated rings. The topological polar surface area (TPSA) is 41.8 Å². The molecular weight excluding hydrogens is 104 g/mol. The first-order chi connectivity index (χ1) is 3.97. The van der Waals surface area contributed by atoms with Crippen LogP contribution in [0.25, 0.3) is 11.1 Å². The summed E-state index contributed by atoms with van der Waals surface area (Å²) in [6, 6.07) is 1.86. The van der Waals surface area contributed by atoms with Gasteiger partial charge >= 0.3 is 0 Å². The van der Waals surface area contributed by atoms with Crippen molar-refractivity contribution >= 4 is 11.1 Å². The molecule has 0 saturated carbocycles. The van der Waals surface area contributed by atoms with Crippen molar-refractivity contribution in [3.63, 3.8) is 0 Å². The van der Waals surface area contributed by atoms with Crippen LogP contribution in [0.3, 0.4) is 0 Å². The summed E-state index contributed by atoms with van der Waals surface area (Å²) in [6.07, 6.45) is 3.39. The maximum atomic E-state index is 4.76. The molecule has 2 heterocycles. The SMILES string of the molecule is c1cc2[nH]oc2cn1. The standard InChI is InChI=1S/C5H4N2O/c1-2-6-3-5-4(1)7-8-5/h1-3,7H. The third kappa shape index (κ3) is 0.307. The molecule has 0 atom stereocenters. The average Bonchev–Trinajstić information content (AvgIpc) is 1.72. The van der Waals surface area contributed by atoms with Crippen molar-refractivity contribution in [3.8, 4) is 0 Å². The number of hydrogen-bond acceptors (Lipinski definition) is 2. The number of H-pyrrole nitrogens is 1.